The van der Waals surface area contributed by atoms with Crippen molar-refractivity contribution in [1.82, 2.24) is 20.1 Å². The van der Waals surface area contributed by atoms with Crippen molar-refractivity contribution in [2.75, 3.05) is 30.4 Å². The van der Waals surface area contributed by atoms with Gasteiger partial charge in [-0.3, -0.25) is 34.4 Å². The minimum absolute atomic E-state index is 0.00318. The van der Waals surface area contributed by atoms with Gasteiger partial charge in [0.1, 0.15) is 11.8 Å². The Balaban J connectivity index is 0.862. The number of unbranched alkanes of at least 4 members (excludes halogenated alkanes) is 1. The van der Waals surface area contributed by atoms with Crippen molar-refractivity contribution in [3.63, 3.8) is 0 Å². The highest BCUT2D eigenvalue weighted by Crippen LogP contribution is 2.48. The van der Waals surface area contributed by atoms with E-state index in [0.29, 0.717) is 49.5 Å². The highest BCUT2D eigenvalue weighted by Gasteiger charge is 2.44. The van der Waals surface area contributed by atoms with Crippen LogP contribution < -0.4 is 20.7 Å². The molecular formula is C42H44N6O6. The fraction of sp³-hybridized carbons (Fsp3) is 0.357. The Labute approximate surface area is 313 Å². The highest BCUT2D eigenvalue weighted by atomic mass is 16.5. The van der Waals surface area contributed by atoms with Crippen LogP contribution in [0.3, 0.4) is 0 Å². The average Bonchev–Trinajstić information content (AvgIpc) is 3.76. The summed E-state index contributed by atoms with van der Waals surface area (Å²) in [4.78, 5) is 58.3. The molecule has 5 heterocycles. The summed E-state index contributed by atoms with van der Waals surface area (Å²) in [5.74, 6) is -0.197. The number of hydrogen-bond acceptors (Lipinski definition) is 9. The molecule has 0 radical (unpaired) electrons. The zero-order valence-corrected chi connectivity index (χ0v) is 30.0. The van der Waals surface area contributed by atoms with Crippen LogP contribution in [0.1, 0.15) is 71.6 Å². The van der Waals surface area contributed by atoms with E-state index < -0.39 is 11.9 Å². The van der Waals surface area contributed by atoms with E-state index in [0.717, 1.165) is 47.6 Å². The van der Waals surface area contributed by atoms with Gasteiger partial charge in [0.25, 0.3) is 5.91 Å². The summed E-state index contributed by atoms with van der Waals surface area (Å²) in [6, 6.07) is 23.3. The van der Waals surface area contributed by atoms with Crippen molar-refractivity contribution >= 4 is 35.0 Å². The molecular weight excluding hydrogens is 684 g/mol. The number of ether oxygens (including phenoxy) is 1. The monoisotopic (exact) mass is 728 g/mol. The quantitative estimate of drug-likeness (QED) is 0.116. The number of aliphatic hydroxyl groups excluding tert-OH is 1. The van der Waals surface area contributed by atoms with E-state index in [1.165, 1.54) is 16.0 Å². The van der Waals surface area contributed by atoms with Crippen LogP contribution in [-0.4, -0.2) is 75.4 Å². The van der Waals surface area contributed by atoms with Gasteiger partial charge >= 0.3 is 0 Å². The second-order valence-electron chi connectivity index (χ2n) is 14.6. The molecule has 2 saturated heterocycles. The van der Waals surface area contributed by atoms with Crippen LogP contribution in [0.4, 0.5) is 11.4 Å². The zero-order valence-electron chi connectivity index (χ0n) is 30.0. The van der Waals surface area contributed by atoms with Gasteiger partial charge in [0.15, 0.2) is 0 Å². The molecule has 3 aromatic carbocycles. The van der Waals surface area contributed by atoms with Crippen LogP contribution in [-0.2, 0) is 27.5 Å². The molecule has 1 unspecified atom stereocenters. The van der Waals surface area contributed by atoms with Crippen molar-refractivity contribution < 1.29 is 29.0 Å². The summed E-state index contributed by atoms with van der Waals surface area (Å²) >= 11 is 0. The lowest BCUT2D eigenvalue weighted by molar-refractivity contribution is -0.137. The van der Waals surface area contributed by atoms with Crippen LogP contribution in [0.5, 0.6) is 5.75 Å². The van der Waals surface area contributed by atoms with Crippen LogP contribution in [0, 0.1) is 5.92 Å². The average molecular weight is 729 g/mol. The molecule has 4 aromatic rings. The molecule has 4 N–H and O–H groups in total. The summed E-state index contributed by atoms with van der Waals surface area (Å²) in [7, 11) is 0. The molecule has 0 saturated carbocycles. The number of amides is 4. The van der Waals surface area contributed by atoms with Crippen molar-refractivity contribution in [3.05, 3.63) is 107 Å². The molecule has 0 spiro atoms. The summed E-state index contributed by atoms with van der Waals surface area (Å²) in [5.41, 5.74) is 7.54. The Morgan fingerprint density at radius 3 is 2.63 bits per heavy atom. The first kappa shape index (κ1) is 35.4. The number of nitrogens with one attached hydrogen (secondary N) is 3. The molecule has 4 atom stereocenters. The number of benzene rings is 3. The van der Waals surface area contributed by atoms with Gasteiger partial charge in [-0.15, -0.1) is 0 Å². The Kier molecular flexibility index (Phi) is 10.1. The molecule has 12 nitrogen and oxygen atoms in total. The first-order valence-electron chi connectivity index (χ1n) is 18.8. The van der Waals surface area contributed by atoms with Gasteiger partial charge < -0.3 is 25.4 Å². The number of aromatic nitrogens is 1. The predicted molar refractivity (Wildman–Crippen MR) is 202 cm³/mol. The van der Waals surface area contributed by atoms with Crippen LogP contribution >= 0.6 is 0 Å². The Hall–Kier alpha value is -5.59. The third kappa shape index (κ3) is 7.19. The molecule has 0 aliphatic carbocycles. The van der Waals surface area contributed by atoms with E-state index in [1.807, 2.05) is 36.7 Å². The van der Waals surface area contributed by atoms with E-state index in [4.69, 9.17) is 4.74 Å². The lowest BCUT2D eigenvalue weighted by Crippen LogP contribution is -2.52. The number of carbonyl (C=O) groups is 4. The zero-order chi connectivity index (χ0) is 37.2. The van der Waals surface area contributed by atoms with Crippen molar-refractivity contribution in [1.29, 1.82) is 0 Å². The first-order valence-corrected chi connectivity index (χ1v) is 18.8. The fourth-order valence-corrected chi connectivity index (χ4v) is 8.50. The second kappa shape index (κ2) is 15.4. The lowest BCUT2D eigenvalue weighted by Gasteiger charge is -2.39. The lowest BCUT2D eigenvalue weighted by atomic mass is 9.82. The number of hydrogen-bond donors (Lipinski definition) is 4. The van der Waals surface area contributed by atoms with Crippen molar-refractivity contribution in [3.8, 4) is 16.9 Å². The number of fused-ring (bicyclic) bond motifs is 4. The standard InChI is InChI=1S/C42H44N6O6/c49-25-35-31-16-19-47(23-26-14-17-43-18-15-26)40(31)32-22-28(10-11-34(32)45-35)27-5-3-6-29(21-27)44-38(50)9-1-2-20-54-37-8-4-7-30-33(37)24-48(42(30)53)36-12-13-39(51)46-41(36)52/h3-8,10-11,14-15,17-18,21-22,31,35-36,40,45,49H,1-2,9,12-13,16,19-20,23-25H2,(H,44,50)(H,46,51,52)/t31-,35-,36?,40-/m1/s1. The van der Waals surface area contributed by atoms with Gasteiger partial charge in [-0.25, -0.2) is 0 Å². The number of aliphatic hydroxyl groups is 1. The second-order valence-corrected chi connectivity index (χ2v) is 14.6. The van der Waals surface area contributed by atoms with E-state index >= 15 is 0 Å². The third-order valence-corrected chi connectivity index (χ3v) is 11.2. The molecule has 2 fully saturated rings. The molecule has 4 aliphatic heterocycles. The number of pyridine rings is 1. The van der Waals surface area contributed by atoms with E-state index in [1.54, 1.807) is 12.1 Å². The number of carbonyl (C=O) groups excluding carboxylic acids is 4. The predicted octanol–water partition coefficient (Wildman–Crippen LogP) is 5.05. The minimum Gasteiger partial charge on any atom is -0.493 e. The topological polar surface area (TPSA) is 153 Å². The normalized spacial score (nSPS) is 21.9. The molecule has 278 valence electrons. The van der Waals surface area contributed by atoms with Gasteiger partial charge in [0, 0.05) is 66.2 Å². The number of likely N-dealkylation sites (tertiary alicyclic amines) is 1. The minimum atomic E-state index is -0.681. The molecule has 0 bridgehead atoms. The molecule has 4 amide bonds. The first-order chi connectivity index (χ1) is 26.4. The third-order valence-electron chi connectivity index (χ3n) is 11.2. The van der Waals surface area contributed by atoms with Crippen LogP contribution in [0.25, 0.3) is 11.1 Å². The smallest absolute Gasteiger partial charge is 0.255 e. The fourth-order valence-electron chi connectivity index (χ4n) is 8.50. The number of nitrogens with zero attached hydrogens (tertiary/aromatic N) is 3. The largest absolute Gasteiger partial charge is 0.493 e. The molecule has 54 heavy (non-hydrogen) atoms. The van der Waals surface area contributed by atoms with E-state index in [-0.39, 0.29) is 49.4 Å². The number of piperidine rings is 1. The molecule has 8 rings (SSSR count). The Morgan fingerprint density at radius 1 is 0.963 bits per heavy atom. The van der Waals surface area contributed by atoms with Crippen molar-refractivity contribution in [2.45, 2.75) is 69.7 Å². The summed E-state index contributed by atoms with van der Waals surface area (Å²) in [6.07, 6.45) is 6.76. The van der Waals surface area contributed by atoms with Gasteiger partial charge in [0.2, 0.25) is 17.7 Å². The number of anilines is 2. The Bertz CT molecular complexity index is 2070. The Morgan fingerprint density at radius 2 is 1.80 bits per heavy atom. The summed E-state index contributed by atoms with van der Waals surface area (Å²) < 4.78 is 6.07. The van der Waals surface area contributed by atoms with E-state index in [2.05, 4.69) is 62.2 Å². The van der Waals surface area contributed by atoms with Gasteiger partial charge in [0.05, 0.1) is 25.8 Å². The molecule has 4 aliphatic rings. The summed E-state index contributed by atoms with van der Waals surface area (Å²) in [5, 5.41) is 19.2. The van der Waals surface area contributed by atoms with Gasteiger partial charge in [-0.05, 0) is 103 Å². The maximum Gasteiger partial charge on any atom is 0.255 e. The number of imide groups is 1. The van der Waals surface area contributed by atoms with E-state index in [9.17, 15) is 24.3 Å². The SMILES string of the molecule is O=C1CCC(N2Cc3c(OCCCCC(=O)Nc4cccc(-c5ccc6c(c5)[C@H]5[C@H](CCN5Cc5ccncc5)[C@@H](CO)N6)c4)cccc3C2=O)C(=O)N1. The van der Waals surface area contributed by atoms with Crippen LogP contribution in [0.2, 0.25) is 0 Å². The molecule has 12 heteroatoms. The maximum atomic E-state index is 13.1. The molecule has 1 aromatic heterocycles. The van der Waals surface area contributed by atoms with Gasteiger partial charge in [-0.1, -0.05) is 24.3 Å². The summed E-state index contributed by atoms with van der Waals surface area (Å²) in [6.45, 7) is 2.48. The number of rotatable bonds is 12. The van der Waals surface area contributed by atoms with Crippen LogP contribution in [0.15, 0.2) is 85.2 Å². The highest BCUT2D eigenvalue weighted by molar-refractivity contribution is 6.05. The van der Waals surface area contributed by atoms with Crippen molar-refractivity contribution in [2.24, 2.45) is 5.92 Å². The van der Waals surface area contributed by atoms with Gasteiger partial charge in [-0.2, -0.15) is 0 Å². The maximum absolute atomic E-state index is 13.1.